The lowest BCUT2D eigenvalue weighted by Crippen LogP contribution is -2.50. The van der Waals surface area contributed by atoms with Gasteiger partial charge in [0.2, 0.25) is 0 Å². The minimum atomic E-state index is -1.91. The second-order valence-electron chi connectivity index (χ2n) is 23.5. The van der Waals surface area contributed by atoms with Crippen LogP contribution in [0.5, 0.6) is 0 Å². The molecular formula is C76H66O23. The van der Waals surface area contributed by atoms with E-state index in [4.69, 9.17) is 71.1 Å². The molecule has 0 bridgehead atoms. The molecule has 8 aromatic rings. The monoisotopic (exact) mass is 1350 g/mol. The van der Waals surface area contributed by atoms with E-state index in [0.717, 1.165) is 0 Å². The first-order chi connectivity index (χ1) is 48.1. The Hall–Kier alpha value is -10.8. The molecule has 4 heterocycles. The fourth-order valence-corrected chi connectivity index (χ4v) is 11.5. The first-order valence-electron chi connectivity index (χ1n) is 31.7. The summed E-state index contributed by atoms with van der Waals surface area (Å²) in [6.07, 6.45) is -23.0. The van der Waals surface area contributed by atoms with Crippen molar-refractivity contribution < 1.29 is 109 Å². The summed E-state index contributed by atoms with van der Waals surface area (Å²) in [6, 6.07) is 63.0. The quantitative estimate of drug-likeness (QED) is 0.0380. The SMILES string of the molecule is CC1(C)OC2O[C@@H]([C@@H](CO[C@@H]3O[C@@H]([C@@H](COC(=O)c4ccccc4)OC(=O)c4ccccc4)[C@H](OC(=O)c4ccccc4)[C@H]3OC(=O)c3ccccc3)O[C@H]3O[C@H](COC(=O)c4ccccc4)[C@@H](OC(=O)c4ccccc4)[C@@H]3OC(=O)c3ccccc3)[C@H](OC(=O)c3ccccc3)[C@H]2O1. The highest BCUT2D eigenvalue weighted by Crippen LogP contribution is 2.43. The van der Waals surface area contributed by atoms with Gasteiger partial charge in [-0.1, -0.05) is 146 Å². The van der Waals surface area contributed by atoms with Gasteiger partial charge in [-0.25, -0.2) is 38.4 Å². The molecule has 0 aromatic heterocycles. The van der Waals surface area contributed by atoms with Crippen LogP contribution in [0.3, 0.4) is 0 Å². The number of esters is 8. The van der Waals surface area contributed by atoms with Crippen LogP contribution in [0.15, 0.2) is 243 Å². The van der Waals surface area contributed by atoms with Gasteiger partial charge in [-0.3, -0.25) is 0 Å². The first-order valence-corrected chi connectivity index (χ1v) is 31.7. The molecule has 23 heteroatoms. The van der Waals surface area contributed by atoms with Crippen LogP contribution in [0.4, 0.5) is 0 Å². The van der Waals surface area contributed by atoms with Crippen LogP contribution in [-0.2, 0) is 71.1 Å². The minimum Gasteiger partial charge on any atom is -0.459 e. The van der Waals surface area contributed by atoms with Gasteiger partial charge in [0, 0.05) is 0 Å². The number of fused-ring (bicyclic) bond motifs is 1. The smallest absolute Gasteiger partial charge is 0.338 e. The van der Waals surface area contributed by atoms with E-state index in [1.165, 1.54) is 97.1 Å². The van der Waals surface area contributed by atoms with Gasteiger partial charge in [0.1, 0.15) is 37.6 Å². The molecule has 0 radical (unpaired) electrons. The van der Waals surface area contributed by atoms with Crippen molar-refractivity contribution in [1.29, 1.82) is 0 Å². The molecule has 4 aliphatic heterocycles. The van der Waals surface area contributed by atoms with Crippen molar-refractivity contribution in [3.8, 4) is 0 Å². The molecule has 4 fully saturated rings. The third kappa shape index (κ3) is 16.8. The summed E-state index contributed by atoms with van der Waals surface area (Å²) in [5.74, 6) is -8.53. The molecule has 0 spiro atoms. The Morgan fingerprint density at radius 1 is 0.343 bits per heavy atom. The van der Waals surface area contributed by atoms with Crippen LogP contribution in [0, 0.1) is 0 Å². The Labute approximate surface area is 567 Å². The Kier molecular flexibility index (Phi) is 21.8. The average molecular weight is 1350 g/mol. The van der Waals surface area contributed by atoms with E-state index in [2.05, 4.69) is 0 Å². The van der Waals surface area contributed by atoms with E-state index in [9.17, 15) is 38.4 Å². The molecule has 0 saturated carbocycles. The summed E-state index contributed by atoms with van der Waals surface area (Å²) in [4.78, 5) is 114. The molecule has 0 N–H and O–H groups in total. The molecular weight excluding hydrogens is 1280 g/mol. The maximum atomic E-state index is 14.6. The molecule has 8 aromatic carbocycles. The van der Waals surface area contributed by atoms with Gasteiger partial charge in [-0.05, 0) is 111 Å². The molecule has 508 valence electrons. The Bertz CT molecular complexity index is 4060. The van der Waals surface area contributed by atoms with E-state index < -0.39 is 159 Å². The molecule has 0 amide bonds. The lowest BCUT2D eigenvalue weighted by molar-refractivity contribution is -0.271. The van der Waals surface area contributed by atoms with Crippen LogP contribution in [0.25, 0.3) is 0 Å². The van der Waals surface area contributed by atoms with Gasteiger partial charge in [0.05, 0.1) is 51.1 Å². The third-order valence-corrected chi connectivity index (χ3v) is 16.3. The topological polar surface area (TPSA) is 275 Å². The molecule has 12 rings (SSSR count). The van der Waals surface area contributed by atoms with Gasteiger partial charge in [0.15, 0.2) is 67.4 Å². The standard InChI is InChI=1S/C76H66O23/c1-76(2)98-64-61(93-70(82)51-37-21-8-22-38-51)58(97-75(64)99-76)56(90-74-62(94-71(83)52-39-23-9-24-40-52)59(91-68(80)49-33-17-6-18-34-49)55(89-74)44-86-66(78)47-29-13-4-14-30-47)45-87-73-63(95-72(84)53-41-25-10-26-42-53)60(92-69(81)50-35-19-7-20-36-50)57(96-73)54(88-67(79)48-31-15-5-16-32-48)43-85-65(77)46-27-11-3-12-28-46/h3-42,54-64,73-75H,43-45H2,1-2H3/t54-,55-,56-,57+,58+,59-,60+,61+,62+,63-,64-,73-,74-,75?/m1/s1. The van der Waals surface area contributed by atoms with Crippen molar-refractivity contribution in [2.24, 2.45) is 0 Å². The van der Waals surface area contributed by atoms with Crippen molar-refractivity contribution in [3.63, 3.8) is 0 Å². The van der Waals surface area contributed by atoms with E-state index in [-0.39, 0.29) is 44.5 Å². The fraction of sp³-hybridized carbons (Fsp3) is 0.263. The maximum Gasteiger partial charge on any atom is 0.338 e. The van der Waals surface area contributed by atoms with Gasteiger partial charge in [0.25, 0.3) is 0 Å². The molecule has 14 atom stereocenters. The number of rotatable bonds is 25. The Balaban J connectivity index is 0.961. The van der Waals surface area contributed by atoms with Crippen molar-refractivity contribution in [2.75, 3.05) is 19.8 Å². The number of carbonyl (C=O) groups is 8. The predicted octanol–water partition coefficient (Wildman–Crippen LogP) is 9.78. The van der Waals surface area contributed by atoms with Crippen molar-refractivity contribution in [2.45, 2.75) is 106 Å². The van der Waals surface area contributed by atoms with Crippen LogP contribution in [-0.4, -0.2) is 159 Å². The molecule has 0 aliphatic carbocycles. The number of benzene rings is 8. The molecule has 4 saturated heterocycles. The zero-order chi connectivity index (χ0) is 68.8. The second kappa shape index (κ2) is 31.6. The summed E-state index contributed by atoms with van der Waals surface area (Å²) >= 11 is 0. The summed E-state index contributed by atoms with van der Waals surface area (Å²) in [5.41, 5.74) is 0.649. The maximum absolute atomic E-state index is 14.6. The predicted molar refractivity (Wildman–Crippen MR) is 344 cm³/mol. The molecule has 1 unspecified atom stereocenters. The second-order valence-corrected chi connectivity index (χ2v) is 23.5. The highest BCUT2D eigenvalue weighted by atomic mass is 16.9. The Morgan fingerprint density at radius 3 is 1.11 bits per heavy atom. The first kappa shape index (κ1) is 68.2. The van der Waals surface area contributed by atoms with Gasteiger partial charge >= 0.3 is 47.8 Å². The summed E-state index contributed by atoms with van der Waals surface area (Å²) in [6.45, 7) is 1.04. The van der Waals surface area contributed by atoms with Crippen LogP contribution >= 0.6 is 0 Å². The van der Waals surface area contributed by atoms with Crippen LogP contribution in [0.1, 0.15) is 96.7 Å². The van der Waals surface area contributed by atoms with Crippen LogP contribution in [0.2, 0.25) is 0 Å². The normalized spacial score (nSPS) is 24.0. The molecule has 99 heavy (non-hydrogen) atoms. The van der Waals surface area contributed by atoms with Crippen LogP contribution < -0.4 is 0 Å². The van der Waals surface area contributed by atoms with Gasteiger partial charge in [-0.2, -0.15) is 0 Å². The van der Waals surface area contributed by atoms with E-state index in [1.54, 1.807) is 159 Å². The lowest BCUT2D eigenvalue weighted by Gasteiger charge is -2.34. The van der Waals surface area contributed by atoms with Crippen molar-refractivity contribution >= 4 is 47.8 Å². The summed E-state index contributed by atoms with van der Waals surface area (Å²) < 4.78 is 96.1. The number of ether oxygens (including phenoxy) is 15. The van der Waals surface area contributed by atoms with Gasteiger partial charge in [-0.15, -0.1) is 0 Å². The lowest BCUT2D eigenvalue weighted by atomic mass is 10.0. The fourth-order valence-electron chi connectivity index (χ4n) is 11.5. The minimum absolute atomic E-state index is 0.0239. The van der Waals surface area contributed by atoms with E-state index in [0.29, 0.717) is 0 Å². The van der Waals surface area contributed by atoms with Crippen molar-refractivity contribution in [3.05, 3.63) is 287 Å². The largest absolute Gasteiger partial charge is 0.459 e. The third-order valence-electron chi connectivity index (χ3n) is 16.3. The average Bonchev–Trinajstić information content (AvgIpc) is 1.62. The highest BCUT2D eigenvalue weighted by Gasteiger charge is 2.62. The molecule has 23 nitrogen and oxygen atoms in total. The highest BCUT2D eigenvalue weighted by molar-refractivity contribution is 5.93. The van der Waals surface area contributed by atoms with E-state index in [1.807, 2.05) is 0 Å². The summed E-state index contributed by atoms with van der Waals surface area (Å²) in [7, 11) is 0. The number of hydrogen-bond acceptors (Lipinski definition) is 23. The Morgan fingerprint density at radius 2 is 0.687 bits per heavy atom. The summed E-state index contributed by atoms with van der Waals surface area (Å²) in [5, 5.41) is 0. The molecule has 4 aliphatic rings. The van der Waals surface area contributed by atoms with Crippen molar-refractivity contribution in [1.82, 2.24) is 0 Å². The zero-order valence-corrected chi connectivity index (χ0v) is 53.2. The van der Waals surface area contributed by atoms with Gasteiger partial charge < -0.3 is 71.1 Å². The number of carbonyl (C=O) groups excluding carboxylic acids is 8. The zero-order valence-electron chi connectivity index (χ0n) is 53.2. The number of hydrogen-bond donors (Lipinski definition) is 0. The van der Waals surface area contributed by atoms with E-state index >= 15 is 0 Å².